The van der Waals surface area contributed by atoms with Crippen LogP contribution < -0.4 is 5.73 Å². The van der Waals surface area contributed by atoms with Gasteiger partial charge in [-0.05, 0) is 36.8 Å². The first-order valence-electron chi connectivity index (χ1n) is 8.79. The van der Waals surface area contributed by atoms with E-state index in [-0.39, 0.29) is 36.2 Å². The Kier molecular flexibility index (Phi) is 7.18. The SMILES string of the molecule is Cc1nc2c(-c3ccc(S(=O)(=O)N(C)C)cc3)cccc2n1C/C(F)=C/CN.Cl. The van der Waals surface area contributed by atoms with Crippen LogP contribution in [0.2, 0.25) is 0 Å². The van der Waals surface area contributed by atoms with Crippen molar-refractivity contribution in [2.45, 2.75) is 18.4 Å². The van der Waals surface area contributed by atoms with Gasteiger partial charge in [0, 0.05) is 26.2 Å². The Bertz CT molecular complexity index is 1140. The van der Waals surface area contributed by atoms with E-state index in [2.05, 4.69) is 4.98 Å². The molecule has 1 aromatic heterocycles. The molecule has 0 radical (unpaired) electrons. The number of benzene rings is 2. The number of aryl methyl sites for hydroxylation is 1. The first-order chi connectivity index (χ1) is 13.3. The smallest absolute Gasteiger partial charge is 0.242 e. The number of sulfonamides is 1. The van der Waals surface area contributed by atoms with Crippen LogP contribution in [-0.2, 0) is 16.6 Å². The van der Waals surface area contributed by atoms with Crippen LogP contribution in [0.3, 0.4) is 0 Å². The van der Waals surface area contributed by atoms with Crippen LogP contribution in [0.5, 0.6) is 0 Å². The van der Waals surface area contributed by atoms with E-state index < -0.39 is 10.0 Å². The highest BCUT2D eigenvalue weighted by molar-refractivity contribution is 7.89. The highest BCUT2D eigenvalue weighted by Gasteiger charge is 2.18. The molecule has 0 aliphatic heterocycles. The highest BCUT2D eigenvalue weighted by Crippen LogP contribution is 2.30. The third-order valence-corrected chi connectivity index (χ3v) is 6.39. The van der Waals surface area contributed by atoms with Crippen LogP contribution in [0.1, 0.15) is 5.82 Å². The van der Waals surface area contributed by atoms with Crippen molar-refractivity contribution >= 4 is 33.5 Å². The second-order valence-corrected chi connectivity index (χ2v) is 8.77. The van der Waals surface area contributed by atoms with Crippen molar-refractivity contribution in [2.24, 2.45) is 5.73 Å². The maximum Gasteiger partial charge on any atom is 0.242 e. The molecular weight excluding hydrogens is 415 g/mol. The van der Waals surface area contributed by atoms with Crippen molar-refractivity contribution in [2.75, 3.05) is 20.6 Å². The van der Waals surface area contributed by atoms with Gasteiger partial charge in [-0.1, -0.05) is 24.3 Å². The van der Waals surface area contributed by atoms with Gasteiger partial charge in [0.25, 0.3) is 0 Å². The third-order valence-electron chi connectivity index (χ3n) is 4.56. The Morgan fingerprint density at radius 2 is 1.86 bits per heavy atom. The van der Waals surface area contributed by atoms with Crippen molar-refractivity contribution < 1.29 is 12.8 Å². The van der Waals surface area contributed by atoms with E-state index in [0.29, 0.717) is 5.82 Å². The van der Waals surface area contributed by atoms with Gasteiger partial charge in [-0.3, -0.25) is 0 Å². The molecule has 0 saturated carbocycles. The van der Waals surface area contributed by atoms with E-state index in [0.717, 1.165) is 22.2 Å². The molecule has 2 N–H and O–H groups in total. The molecule has 1 heterocycles. The molecule has 2 aromatic carbocycles. The Morgan fingerprint density at radius 3 is 2.45 bits per heavy atom. The quantitative estimate of drug-likeness (QED) is 0.638. The van der Waals surface area contributed by atoms with Gasteiger partial charge in [0.1, 0.15) is 11.7 Å². The van der Waals surface area contributed by atoms with Crippen molar-refractivity contribution in [3.8, 4) is 11.1 Å². The van der Waals surface area contributed by atoms with Crippen molar-refractivity contribution in [1.29, 1.82) is 0 Å². The molecular formula is C20H24ClFN4O2S. The van der Waals surface area contributed by atoms with Crippen LogP contribution in [0.25, 0.3) is 22.2 Å². The summed E-state index contributed by atoms with van der Waals surface area (Å²) < 4.78 is 41.5. The Morgan fingerprint density at radius 1 is 1.21 bits per heavy atom. The molecule has 29 heavy (non-hydrogen) atoms. The molecule has 0 atom stereocenters. The molecule has 0 aliphatic carbocycles. The number of hydrogen-bond acceptors (Lipinski definition) is 4. The second kappa shape index (κ2) is 9.04. The van der Waals surface area contributed by atoms with E-state index in [4.69, 9.17) is 5.73 Å². The fraction of sp³-hybridized carbons (Fsp3) is 0.250. The highest BCUT2D eigenvalue weighted by atomic mass is 35.5. The number of nitrogens with two attached hydrogens (primary N) is 1. The van der Waals surface area contributed by atoms with Gasteiger partial charge >= 0.3 is 0 Å². The number of hydrogen-bond donors (Lipinski definition) is 1. The number of rotatable bonds is 6. The van der Waals surface area contributed by atoms with Crippen LogP contribution in [0.4, 0.5) is 4.39 Å². The number of fused-ring (bicyclic) bond motifs is 1. The van der Waals surface area contributed by atoms with Crippen LogP contribution in [-0.4, -0.2) is 42.9 Å². The summed E-state index contributed by atoms with van der Waals surface area (Å²) in [4.78, 5) is 4.84. The van der Waals surface area contributed by atoms with Gasteiger partial charge < -0.3 is 10.3 Å². The molecule has 3 rings (SSSR count). The summed E-state index contributed by atoms with van der Waals surface area (Å²) in [6, 6.07) is 12.4. The van der Waals surface area contributed by atoms with Gasteiger partial charge in [0.2, 0.25) is 10.0 Å². The summed E-state index contributed by atoms with van der Waals surface area (Å²) >= 11 is 0. The molecule has 156 valence electrons. The fourth-order valence-electron chi connectivity index (χ4n) is 3.06. The molecule has 3 aromatic rings. The summed E-state index contributed by atoms with van der Waals surface area (Å²) in [6.07, 6.45) is 1.35. The summed E-state index contributed by atoms with van der Waals surface area (Å²) in [5.74, 6) is 0.378. The standard InChI is InChI=1S/C20H23FN4O2S.ClH/c1-14-23-20-18(5-4-6-19(20)25(14)13-16(21)11-12-22)15-7-9-17(10-8-15)28(26,27)24(2)3;/h4-11H,12-13,22H2,1-3H3;1H/b16-11-;. The number of nitrogens with zero attached hydrogens (tertiary/aromatic N) is 3. The number of allylic oxidation sites excluding steroid dienone is 1. The number of halogens is 2. The predicted molar refractivity (Wildman–Crippen MR) is 116 cm³/mol. The molecule has 9 heteroatoms. The fourth-order valence-corrected chi connectivity index (χ4v) is 3.96. The molecule has 0 aliphatic rings. The molecule has 0 fully saturated rings. The Hall–Kier alpha value is -2.26. The van der Waals surface area contributed by atoms with Crippen molar-refractivity contribution in [3.63, 3.8) is 0 Å². The van der Waals surface area contributed by atoms with Crippen molar-refractivity contribution in [3.05, 3.63) is 60.2 Å². The van der Waals surface area contributed by atoms with Gasteiger partial charge in [0.05, 0.1) is 22.5 Å². The minimum atomic E-state index is -3.48. The van der Waals surface area contributed by atoms with Gasteiger partial charge in [-0.25, -0.2) is 22.1 Å². The normalized spacial score (nSPS) is 12.4. The average molecular weight is 439 g/mol. The monoisotopic (exact) mass is 438 g/mol. The minimum absolute atomic E-state index is 0. The summed E-state index contributed by atoms with van der Waals surface area (Å²) in [7, 11) is -0.489. The molecule has 0 amide bonds. The lowest BCUT2D eigenvalue weighted by atomic mass is 10.0. The molecule has 0 saturated heterocycles. The molecule has 0 unspecified atom stereocenters. The molecule has 0 spiro atoms. The lowest BCUT2D eigenvalue weighted by molar-refractivity contribution is 0.521. The van der Waals surface area contributed by atoms with E-state index in [9.17, 15) is 12.8 Å². The first kappa shape index (κ1) is 23.0. The Labute approximate surface area is 176 Å². The topological polar surface area (TPSA) is 81.2 Å². The van der Waals surface area contributed by atoms with Gasteiger partial charge in [0.15, 0.2) is 0 Å². The van der Waals surface area contributed by atoms with Gasteiger partial charge in [-0.2, -0.15) is 0 Å². The number of imidazole rings is 1. The van der Waals surface area contributed by atoms with Crippen LogP contribution in [0, 0.1) is 6.92 Å². The van der Waals surface area contributed by atoms with Crippen LogP contribution >= 0.6 is 12.4 Å². The maximum atomic E-state index is 14.0. The first-order valence-corrected chi connectivity index (χ1v) is 10.2. The average Bonchev–Trinajstić information content (AvgIpc) is 2.97. The predicted octanol–water partition coefficient (Wildman–Crippen LogP) is 3.50. The zero-order valence-electron chi connectivity index (χ0n) is 16.5. The van der Waals surface area contributed by atoms with Crippen LogP contribution in [0.15, 0.2) is 59.3 Å². The summed E-state index contributed by atoms with van der Waals surface area (Å²) in [5, 5.41) is 0. The molecule has 6 nitrogen and oxygen atoms in total. The largest absolute Gasteiger partial charge is 0.327 e. The molecule has 0 bridgehead atoms. The lowest BCUT2D eigenvalue weighted by Gasteiger charge is -2.12. The Balaban J connectivity index is 0.00000300. The van der Waals surface area contributed by atoms with Crippen molar-refractivity contribution in [1.82, 2.24) is 13.9 Å². The number of aromatic nitrogens is 2. The second-order valence-electron chi connectivity index (χ2n) is 6.62. The van der Waals surface area contributed by atoms with E-state index >= 15 is 0 Å². The van der Waals surface area contributed by atoms with E-state index in [1.165, 1.54) is 24.5 Å². The maximum absolute atomic E-state index is 14.0. The summed E-state index contributed by atoms with van der Waals surface area (Å²) in [6.45, 7) is 2.04. The van der Waals surface area contributed by atoms with E-state index in [1.807, 2.05) is 25.1 Å². The third kappa shape index (κ3) is 4.51. The van der Waals surface area contributed by atoms with Gasteiger partial charge in [-0.15, -0.1) is 12.4 Å². The minimum Gasteiger partial charge on any atom is -0.327 e. The summed E-state index contributed by atoms with van der Waals surface area (Å²) in [5.41, 5.74) is 8.63. The lowest BCUT2D eigenvalue weighted by Crippen LogP contribution is -2.22. The zero-order chi connectivity index (χ0) is 20.5. The van der Waals surface area contributed by atoms with E-state index in [1.54, 1.807) is 28.8 Å². The number of para-hydroxylation sites is 1. The zero-order valence-corrected chi connectivity index (χ0v) is 18.1.